The first-order valence-electron chi connectivity index (χ1n) is 10.3. The highest BCUT2D eigenvalue weighted by atomic mass is 16.3. The van der Waals surface area contributed by atoms with Crippen LogP contribution in [0.25, 0.3) is 21.9 Å². The van der Waals surface area contributed by atoms with Crippen LogP contribution in [0.2, 0.25) is 0 Å². The van der Waals surface area contributed by atoms with Gasteiger partial charge in [0, 0.05) is 10.9 Å². The van der Waals surface area contributed by atoms with Gasteiger partial charge in [0.15, 0.2) is 0 Å². The fourth-order valence-corrected chi connectivity index (χ4v) is 3.99. The highest BCUT2D eigenvalue weighted by Gasteiger charge is 2.19. The molecule has 0 aliphatic rings. The van der Waals surface area contributed by atoms with E-state index in [1.807, 2.05) is 18.2 Å². The molecule has 0 radical (unpaired) electrons. The first kappa shape index (κ1) is 19.3. The number of hydrogen-bond donors (Lipinski definition) is 1. The van der Waals surface area contributed by atoms with Crippen molar-refractivity contribution in [1.29, 1.82) is 0 Å². The minimum atomic E-state index is 0.320. The zero-order chi connectivity index (χ0) is 20.7. The maximum absolute atomic E-state index is 6.50. The van der Waals surface area contributed by atoms with Gasteiger partial charge in [0.1, 0.15) is 17.0 Å². The summed E-state index contributed by atoms with van der Waals surface area (Å²) in [5, 5.41) is 2.15. The fraction of sp³-hybridized carbons (Fsp3) is 0.269. The van der Waals surface area contributed by atoms with E-state index in [2.05, 4.69) is 71.0 Å². The summed E-state index contributed by atoms with van der Waals surface area (Å²) in [4.78, 5) is 4.97. The van der Waals surface area contributed by atoms with Crippen molar-refractivity contribution in [3.05, 3.63) is 76.9 Å². The molecule has 0 unspecified atom stereocenters. The fourth-order valence-electron chi connectivity index (χ4n) is 3.99. The van der Waals surface area contributed by atoms with Gasteiger partial charge in [0.2, 0.25) is 0 Å². The van der Waals surface area contributed by atoms with Crippen molar-refractivity contribution in [1.82, 2.24) is 0 Å². The third kappa shape index (κ3) is 3.31. The van der Waals surface area contributed by atoms with Gasteiger partial charge in [-0.15, -0.1) is 0 Å². The Balaban J connectivity index is 2.07. The van der Waals surface area contributed by atoms with Gasteiger partial charge >= 0.3 is 0 Å². The SMILES string of the molecule is Cc1ccccc1C(N)=Nc1c(C(C)C)ccc2oc3c(C(C)C)cccc3c12. The molecule has 148 valence electrons. The number of benzene rings is 3. The largest absolute Gasteiger partial charge is 0.456 e. The zero-order valence-corrected chi connectivity index (χ0v) is 17.8. The number of furan rings is 1. The Kier molecular flexibility index (Phi) is 4.91. The standard InChI is InChI=1S/C26H28N2O/c1-15(2)18-13-14-22-23(21-12-8-11-19(16(3)4)25(21)29-22)24(18)28-26(27)20-10-7-6-9-17(20)5/h6-16H,1-5H3,(H2,27,28). The molecule has 0 aliphatic carbocycles. The van der Waals surface area contributed by atoms with Crippen LogP contribution in [-0.4, -0.2) is 5.84 Å². The van der Waals surface area contributed by atoms with E-state index in [-0.39, 0.29) is 0 Å². The number of para-hydroxylation sites is 1. The van der Waals surface area contributed by atoms with Crippen molar-refractivity contribution in [3.63, 3.8) is 0 Å². The van der Waals surface area contributed by atoms with Crippen molar-refractivity contribution in [3.8, 4) is 0 Å². The van der Waals surface area contributed by atoms with Crippen molar-refractivity contribution in [2.45, 2.75) is 46.5 Å². The van der Waals surface area contributed by atoms with Gasteiger partial charge in [-0.1, -0.05) is 76.2 Å². The van der Waals surface area contributed by atoms with Crippen LogP contribution < -0.4 is 5.73 Å². The summed E-state index contributed by atoms with van der Waals surface area (Å²) in [5.74, 6) is 1.24. The summed E-state index contributed by atoms with van der Waals surface area (Å²) in [7, 11) is 0. The maximum Gasteiger partial charge on any atom is 0.138 e. The molecule has 2 N–H and O–H groups in total. The summed E-state index contributed by atoms with van der Waals surface area (Å²) in [6.45, 7) is 10.8. The second kappa shape index (κ2) is 7.40. The van der Waals surface area contributed by atoms with Crippen molar-refractivity contribution in [2.75, 3.05) is 0 Å². The second-order valence-corrected chi connectivity index (χ2v) is 8.32. The van der Waals surface area contributed by atoms with Crippen LogP contribution in [-0.2, 0) is 0 Å². The number of aryl methyl sites for hydroxylation is 1. The number of nitrogens with two attached hydrogens (primary N) is 1. The molecule has 3 heteroatoms. The maximum atomic E-state index is 6.50. The molecule has 0 fully saturated rings. The quantitative estimate of drug-likeness (QED) is 0.299. The van der Waals surface area contributed by atoms with E-state index < -0.39 is 0 Å². The minimum Gasteiger partial charge on any atom is -0.456 e. The van der Waals surface area contributed by atoms with E-state index >= 15 is 0 Å². The number of hydrogen-bond acceptors (Lipinski definition) is 2. The molecule has 3 aromatic carbocycles. The first-order chi connectivity index (χ1) is 13.9. The third-order valence-corrected chi connectivity index (χ3v) is 5.60. The monoisotopic (exact) mass is 384 g/mol. The van der Waals surface area contributed by atoms with E-state index in [0.717, 1.165) is 38.8 Å². The number of rotatable bonds is 4. The van der Waals surface area contributed by atoms with Crippen LogP contribution in [0.3, 0.4) is 0 Å². The van der Waals surface area contributed by atoms with Gasteiger partial charge in [0.25, 0.3) is 0 Å². The molecule has 0 amide bonds. The van der Waals surface area contributed by atoms with Crippen LogP contribution in [0.5, 0.6) is 0 Å². The molecule has 0 aliphatic heterocycles. The lowest BCUT2D eigenvalue weighted by Crippen LogP contribution is -2.14. The summed E-state index contributed by atoms with van der Waals surface area (Å²) in [5.41, 5.74) is 13.7. The minimum absolute atomic E-state index is 0.320. The van der Waals surface area contributed by atoms with Crippen molar-refractivity contribution in [2.24, 2.45) is 10.7 Å². The van der Waals surface area contributed by atoms with Gasteiger partial charge in [0.05, 0.1) is 11.1 Å². The Hall–Kier alpha value is -3.07. The molecule has 4 rings (SSSR count). The van der Waals surface area contributed by atoms with E-state index in [4.69, 9.17) is 15.1 Å². The van der Waals surface area contributed by atoms with Crippen LogP contribution in [0.4, 0.5) is 5.69 Å². The molecule has 3 nitrogen and oxygen atoms in total. The normalized spacial score (nSPS) is 12.6. The molecule has 0 saturated carbocycles. The lowest BCUT2D eigenvalue weighted by Gasteiger charge is -2.12. The van der Waals surface area contributed by atoms with E-state index in [9.17, 15) is 0 Å². The van der Waals surface area contributed by atoms with Gasteiger partial charge in [-0.25, -0.2) is 4.99 Å². The average Bonchev–Trinajstić information content (AvgIpc) is 3.07. The second-order valence-electron chi connectivity index (χ2n) is 8.32. The smallest absolute Gasteiger partial charge is 0.138 e. The molecule has 4 aromatic rings. The topological polar surface area (TPSA) is 51.5 Å². The predicted molar refractivity (Wildman–Crippen MR) is 123 cm³/mol. The first-order valence-corrected chi connectivity index (χ1v) is 10.3. The van der Waals surface area contributed by atoms with E-state index in [0.29, 0.717) is 17.7 Å². The Morgan fingerprint density at radius 3 is 2.28 bits per heavy atom. The zero-order valence-electron chi connectivity index (χ0n) is 17.8. The van der Waals surface area contributed by atoms with Gasteiger partial charge in [-0.2, -0.15) is 0 Å². The Bertz CT molecular complexity index is 1230. The summed E-state index contributed by atoms with van der Waals surface area (Å²) in [6, 6.07) is 18.7. The van der Waals surface area contributed by atoms with Gasteiger partial charge in [-0.3, -0.25) is 0 Å². The van der Waals surface area contributed by atoms with Crippen molar-refractivity contribution < 1.29 is 4.42 Å². The Labute approximate surface area is 172 Å². The number of amidine groups is 1. The molecule has 0 saturated heterocycles. The highest BCUT2D eigenvalue weighted by molar-refractivity contribution is 6.14. The van der Waals surface area contributed by atoms with Crippen LogP contribution in [0, 0.1) is 6.92 Å². The Morgan fingerprint density at radius 2 is 1.59 bits per heavy atom. The molecule has 1 aromatic heterocycles. The molecule has 0 spiro atoms. The molecule has 0 bridgehead atoms. The predicted octanol–water partition coefficient (Wildman–Crippen LogP) is 7.18. The molecule has 29 heavy (non-hydrogen) atoms. The molecule has 1 heterocycles. The Morgan fingerprint density at radius 1 is 0.862 bits per heavy atom. The van der Waals surface area contributed by atoms with Crippen LogP contribution in [0.15, 0.2) is 64.0 Å². The molecular formula is C26H28N2O. The van der Waals surface area contributed by atoms with Gasteiger partial charge in [-0.05, 0) is 41.5 Å². The lowest BCUT2D eigenvalue weighted by atomic mass is 9.96. The van der Waals surface area contributed by atoms with Crippen molar-refractivity contribution >= 4 is 33.5 Å². The average molecular weight is 385 g/mol. The summed E-state index contributed by atoms with van der Waals surface area (Å²) >= 11 is 0. The number of fused-ring (bicyclic) bond motifs is 3. The van der Waals surface area contributed by atoms with E-state index in [1.54, 1.807) is 0 Å². The van der Waals surface area contributed by atoms with E-state index in [1.165, 1.54) is 11.1 Å². The summed E-state index contributed by atoms with van der Waals surface area (Å²) in [6.07, 6.45) is 0. The third-order valence-electron chi connectivity index (χ3n) is 5.60. The van der Waals surface area contributed by atoms with Crippen LogP contribution in [0.1, 0.15) is 61.8 Å². The number of nitrogens with zero attached hydrogens (tertiary/aromatic N) is 1. The number of aliphatic imine (C=N–C) groups is 1. The lowest BCUT2D eigenvalue weighted by molar-refractivity contribution is 0.657. The highest BCUT2D eigenvalue weighted by Crippen LogP contribution is 2.42. The van der Waals surface area contributed by atoms with Gasteiger partial charge < -0.3 is 10.2 Å². The van der Waals surface area contributed by atoms with Crippen LogP contribution >= 0.6 is 0 Å². The summed E-state index contributed by atoms with van der Waals surface area (Å²) < 4.78 is 6.32. The molecular weight excluding hydrogens is 356 g/mol. The molecule has 0 atom stereocenters.